The Hall–Kier alpha value is -2.07. The molecule has 0 N–H and O–H groups in total. The Labute approximate surface area is 103 Å². The minimum atomic E-state index is 1.01. The molecule has 0 bridgehead atoms. The lowest BCUT2D eigenvalue weighted by atomic mass is 10.2. The summed E-state index contributed by atoms with van der Waals surface area (Å²) in [6, 6.07) is 7.90. The predicted octanol–water partition coefficient (Wildman–Crippen LogP) is 3.27. The van der Waals surface area contributed by atoms with Crippen molar-refractivity contribution >= 4 is 11.3 Å². The number of thiazole rings is 1. The summed E-state index contributed by atoms with van der Waals surface area (Å²) in [7, 11) is 0. The molecule has 0 radical (unpaired) electrons. The highest BCUT2D eigenvalue weighted by Crippen LogP contribution is 2.30. The Morgan fingerprint density at radius 3 is 2.47 bits per heavy atom. The molecule has 0 aliphatic heterocycles. The van der Waals surface area contributed by atoms with E-state index in [1.165, 1.54) is 0 Å². The molecule has 0 saturated carbocycles. The number of rotatable bonds is 2. The van der Waals surface area contributed by atoms with Gasteiger partial charge in [-0.2, -0.15) is 0 Å². The van der Waals surface area contributed by atoms with Gasteiger partial charge in [0.15, 0.2) is 0 Å². The van der Waals surface area contributed by atoms with E-state index in [0.717, 1.165) is 21.0 Å². The van der Waals surface area contributed by atoms with Crippen LogP contribution in [0.3, 0.4) is 0 Å². The van der Waals surface area contributed by atoms with Gasteiger partial charge in [0, 0.05) is 42.1 Å². The molecule has 0 fully saturated rings. The fraction of sp³-hybridized carbons (Fsp3) is 0. The largest absolute Gasteiger partial charge is 0.265 e. The molecule has 3 aromatic heterocycles. The van der Waals surface area contributed by atoms with Crippen molar-refractivity contribution in [3.05, 3.63) is 55.2 Å². The van der Waals surface area contributed by atoms with Crippen LogP contribution in [0, 0.1) is 0 Å². The summed E-state index contributed by atoms with van der Waals surface area (Å²) < 4.78 is 0. The summed E-state index contributed by atoms with van der Waals surface area (Å²) in [5.41, 5.74) is 2.20. The highest BCUT2D eigenvalue weighted by atomic mass is 32.1. The van der Waals surface area contributed by atoms with Gasteiger partial charge in [0.1, 0.15) is 5.01 Å². The van der Waals surface area contributed by atoms with E-state index in [1.807, 2.05) is 36.7 Å². The summed E-state index contributed by atoms with van der Waals surface area (Å²) >= 11 is 1.66. The summed E-state index contributed by atoms with van der Waals surface area (Å²) in [6.45, 7) is 0. The van der Waals surface area contributed by atoms with E-state index in [0.29, 0.717) is 0 Å². The first-order chi connectivity index (χ1) is 8.43. The molecule has 3 rings (SSSR count). The van der Waals surface area contributed by atoms with Crippen molar-refractivity contribution < 1.29 is 0 Å². The molecular weight excluding hydrogens is 230 g/mol. The molecular formula is C13H9N3S. The lowest BCUT2D eigenvalue weighted by Crippen LogP contribution is -1.74. The molecule has 3 aromatic rings. The smallest absolute Gasteiger partial charge is 0.123 e. The van der Waals surface area contributed by atoms with Crippen LogP contribution in [0.5, 0.6) is 0 Å². The number of hydrogen-bond donors (Lipinski definition) is 0. The van der Waals surface area contributed by atoms with Crippen molar-refractivity contribution in [2.75, 3.05) is 0 Å². The number of pyridine rings is 2. The maximum atomic E-state index is 4.43. The highest BCUT2D eigenvalue weighted by Gasteiger charge is 2.05. The number of nitrogens with zero attached hydrogens (tertiary/aromatic N) is 3. The molecule has 3 nitrogen and oxygen atoms in total. The Bertz CT molecular complexity index is 551. The van der Waals surface area contributed by atoms with Gasteiger partial charge in [-0.15, -0.1) is 11.3 Å². The van der Waals surface area contributed by atoms with Crippen molar-refractivity contribution in [3.8, 4) is 21.0 Å². The van der Waals surface area contributed by atoms with Crippen LogP contribution in [0.2, 0.25) is 0 Å². The van der Waals surface area contributed by atoms with Crippen molar-refractivity contribution in [1.82, 2.24) is 15.0 Å². The van der Waals surface area contributed by atoms with Crippen LogP contribution in [-0.2, 0) is 0 Å². The zero-order valence-corrected chi connectivity index (χ0v) is 9.76. The second-order valence-corrected chi connectivity index (χ2v) is 4.54. The summed E-state index contributed by atoms with van der Waals surface area (Å²) in [5, 5.41) is 1.01. The second kappa shape index (κ2) is 4.43. The molecule has 4 heteroatoms. The number of hydrogen-bond acceptors (Lipinski definition) is 4. The van der Waals surface area contributed by atoms with Crippen molar-refractivity contribution in [3.63, 3.8) is 0 Å². The van der Waals surface area contributed by atoms with Crippen LogP contribution >= 0.6 is 11.3 Å². The fourth-order valence-electron chi connectivity index (χ4n) is 1.54. The SMILES string of the molecule is c1cncc(-c2cnc(-c3ccncc3)s2)c1. The molecule has 0 aromatic carbocycles. The normalized spacial score (nSPS) is 10.4. The Balaban J connectivity index is 1.99. The Morgan fingerprint density at radius 2 is 1.71 bits per heavy atom. The Morgan fingerprint density at radius 1 is 0.824 bits per heavy atom. The molecule has 0 amide bonds. The molecule has 0 unspecified atom stereocenters. The fourth-order valence-corrected chi connectivity index (χ4v) is 2.46. The van der Waals surface area contributed by atoms with Crippen LogP contribution in [0.1, 0.15) is 0 Å². The van der Waals surface area contributed by atoms with Gasteiger partial charge in [-0.05, 0) is 18.2 Å². The molecule has 0 aliphatic carbocycles. The van der Waals surface area contributed by atoms with Gasteiger partial charge in [-0.1, -0.05) is 6.07 Å². The van der Waals surface area contributed by atoms with Gasteiger partial charge >= 0.3 is 0 Å². The van der Waals surface area contributed by atoms with E-state index in [4.69, 9.17) is 0 Å². The molecule has 17 heavy (non-hydrogen) atoms. The first-order valence-corrected chi connectivity index (χ1v) is 6.02. The zero-order valence-electron chi connectivity index (χ0n) is 8.95. The lowest BCUT2D eigenvalue weighted by molar-refractivity contribution is 1.31. The highest BCUT2D eigenvalue weighted by molar-refractivity contribution is 7.18. The van der Waals surface area contributed by atoms with E-state index in [1.54, 1.807) is 29.9 Å². The Kier molecular flexibility index (Phi) is 2.63. The average Bonchev–Trinajstić information content (AvgIpc) is 2.90. The minimum Gasteiger partial charge on any atom is -0.265 e. The predicted molar refractivity (Wildman–Crippen MR) is 68.6 cm³/mol. The summed E-state index contributed by atoms with van der Waals surface area (Å²) in [5.74, 6) is 0. The van der Waals surface area contributed by atoms with Gasteiger partial charge < -0.3 is 0 Å². The molecule has 0 saturated heterocycles. The monoisotopic (exact) mass is 239 g/mol. The van der Waals surface area contributed by atoms with Crippen molar-refractivity contribution in [2.24, 2.45) is 0 Å². The second-order valence-electron chi connectivity index (χ2n) is 3.51. The van der Waals surface area contributed by atoms with Crippen LogP contribution in [0.4, 0.5) is 0 Å². The van der Waals surface area contributed by atoms with Gasteiger partial charge in [0.25, 0.3) is 0 Å². The first-order valence-electron chi connectivity index (χ1n) is 5.20. The van der Waals surface area contributed by atoms with Crippen LogP contribution in [0.15, 0.2) is 55.2 Å². The summed E-state index contributed by atoms with van der Waals surface area (Å²) in [4.78, 5) is 13.7. The molecule has 0 spiro atoms. The standard InChI is InChI=1S/C13H9N3S/c1-2-11(8-15-5-1)12-9-16-13(17-12)10-3-6-14-7-4-10/h1-9H. The van der Waals surface area contributed by atoms with Gasteiger partial charge in [-0.3, -0.25) is 9.97 Å². The first kappa shape index (κ1) is 10.1. The molecule has 3 heterocycles. The molecule has 0 atom stereocenters. The van der Waals surface area contributed by atoms with E-state index in [-0.39, 0.29) is 0 Å². The number of aromatic nitrogens is 3. The lowest BCUT2D eigenvalue weighted by Gasteiger charge is -1.94. The topological polar surface area (TPSA) is 38.7 Å². The third-order valence-corrected chi connectivity index (χ3v) is 3.47. The van der Waals surface area contributed by atoms with Gasteiger partial charge in [-0.25, -0.2) is 4.98 Å². The van der Waals surface area contributed by atoms with Crippen LogP contribution < -0.4 is 0 Å². The quantitative estimate of drug-likeness (QED) is 0.689. The van der Waals surface area contributed by atoms with E-state index in [9.17, 15) is 0 Å². The van der Waals surface area contributed by atoms with E-state index >= 15 is 0 Å². The average molecular weight is 239 g/mol. The van der Waals surface area contributed by atoms with Crippen LogP contribution in [0.25, 0.3) is 21.0 Å². The minimum absolute atomic E-state index is 1.01. The van der Waals surface area contributed by atoms with Gasteiger partial charge in [0.2, 0.25) is 0 Å². The van der Waals surface area contributed by atoms with E-state index in [2.05, 4.69) is 15.0 Å². The van der Waals surface area contributed by atoms with Crippen molar-refractivity contribution in [2.45, 2.75) is 0 Å². The van der Waals surface area contributed by atoms with Gasteiger partial charge in [0.05, 0.1) is 4.88 Å². The summed E-state index contributed by atoms with van der Waals surface area (Å²) in [6.07, 6.45) is 9.07. The third kappa shape index (κ3) is 2.07. The zero-order chi connectivity index (χ0) is 11.5. The van der Waals surface area contributed by atoms with Crippen molar-refractivity contribution in [1.29, 1.82) is 0 Å². The van der Waals surface area contributed by atoms with Crippen LogP contribution in [-0.4, -0.2) is 15.0 Å². The van der Waals surface area contributed by atoms with E-state index < -0.39 is 0 Å². The maximum absolute atomic E-state index is 4.43. The third-order valence-electron chi connectivity index (χ3n) is 2.38. The molecule has 0 aliphatic rings. The maximum Gasteiger partial charge on any atom is 0.123 e. The molecule has 82 valence electrons.